The quantitative estimate of drug-likeness (QED) is 0.676. The molecule has 1 aliphatic heterocycles. The molecule has 0 aromatic heterocycles. The summed E-state index contributed by atoms with van der Waals surface area (Å²) >= 11 is 0. The van der Waals surface area contributed by atoms with Crippen LogP contribution < -0.4 is 4.90 Å². The van der Waals surface area contributed by atoms with Crippen molar-refractivity contribution in [3.05, 3.63) is 65.7 Å². The summed E-state index contributed by atoms with van der Waals surface area (Å²) in [6, 6.07) is 19.1. The summed E-state index contributed by atoms with van der Waals surface area (Å²) in [5, 5.41) is 0. The molecule has 0 saturated carbocycles. The Hall–Kier alpha value is -1.86. The van der Waals surface area contributed by atoms with Crippen LogP contribution in [0.5, 0.6) is 0 Å². The van der Waals surface area contributed by atoms with Crippen molar-refractivity contribution in [2.75, 3.05) is 6.54 Å². The lowest BCUT2D eigenvalue weighted by Gasteiger charge is -2.07. The molecule has 0 unspecified atom stereocenters. The van der Waals surface area contributed by atoms with Crippen LogP contribution in [0.15, 0.2) is 54.6 Å². The zero-order valence-electron chi connectivity index (χ0n) is 9.93. The van der Waals surface area contributed by atoms with Crippen molar-refractivity contribution in [1.82, 2.24) is 4.90 Å². The van der Waals surface area contributed by atoms with E-state index in [2.05, 4.69) is 72.5 Å². The molecule has 0 bridgehead atoms. The van der Waals surface area contributed by atoms with Crippen molar-refractivity contribution in [3.63, 3.8) is 0 Å². The van der Waals surface area contributed by atoms with E-state index in [-0.39, 0.29) is 0 Å². The van der Waals surface area contributed by atoms with E-state index in [4.69, 9.17) is 0 Å². The third-order valence-corrected chi connectivity index (χ3v) is 3.20. The van der Waals surface area contributed by atoms with Gasteiger partial charge in [-0.25, -0.2) is 0 Å². The second kappa shape index (κ2) is 4.19. The van der Waals surface area contributed by atoms with Gasteiger partial charge in [-0.15, -0.1) is 0 Å². The van der Waals surface area contributed by atoms with Gasteiger partial charge >= 0.3 is 0 Å². The Morgan fingerprint density at radius 2 is 1.59 bits per heavy atom. The fourth-order valence-electron chi connectivity index (χ4n) is 2.40. The Labute approximate surface area is 102 Å². The van der Waals surface area contributed by atoms with E-state index in [1.807, 2.05) is 0 Å². The van der Waals surface area contributed by atoms with Crippen LogP contribution in [0.2, 0.25) is 0 Å². The minimum atomic E-state index is 0.998. The van der Waals surface area contributed by atoms with Crippen LogP contribution >= 0.6 is 0 Å². The molecule has 0 spiro atoms. The average Bonchev–Trinajstić information content (AvgIpc) is 2.78. The summed E-state index contributed by atoms with van der Waals surface area (Å²) in [7, 11) is 0. The molecule has 1 heteroatoms. The highest BCUT2D eigenvalue weighted by molar-refractivity contribution is 5.93. The first-order chi connectivity index (χ1) is 8.40. The van der Waals surface area contributed by atoms with Gasteiger partial charge in [0, 0.05) is 23.3 Å². The molecule has 0 N–H and O–H groups in total. The molecule has 0 atom stereocenters. The zero-order valence-corrected chi connectivity index (χ0v) is 9.93. The molecule has 2 aromatic carbocycles. The third-order valence-electron chi connectivity index (χ3n) is 3.20. The maximum absolute atomic E-state index is 2.37. The van der Waals surface area contributed by atoms with Crippen LogP contribution in [0.4, 0.5) is 5.69 Å². The number of nitrogens with zero attached hydrogens (tertiary/aromatic N) is 1. The van der Waals surface area contributed by atoms with Crippen molar-refractivity contribution < 1.29 is 0 Å². The van der Waals surface area contributed by atoms with Crippen LogP contribution in [0, 0.1) is 0 Å². The summed E-state index contributed by atoms with van der Waals surface area (Å²) in [5.74, 6) is 0. The summed E-state index contributed by atoms with van der Waals surface area (Å²) < 4.78 is 0. The minimum absolute atomic E-state index is 0.998. The predicted molar refractivity (Wildman–Crippen MR) is 73.1 cm³/mol. The van der Waals surface area contributed by atoms with Crippen molar-refractivity contribution in [3.8, 4) is 0 Å². The number of benzene rings is 2. The highest BCUT2D eigenvalue weighted by Gasteiger charge is 2.32. The van der Waals surface area contributed by atoms with Crippen LogP contribution in [0.3, 0.4) is 0 Å². The van der Waals surface area contributed by atoms with Crippen LogP contribution in [0.1, 0.15) is 18.1 Å². The second-order valence-electron chi connectivity index (χ2n) is 4.20. The first kappa shape index (κ1) is 10.3. The number of anilines is 1. The minimum Gasteiger partial charge on any atom is -0.0964 e. The molecule has 1 aliphatic rings. The molecule has 3 rings (SSSR count). The Bertz CT molecular complexity index is 555. The summed E-state index contributed by atoms with van der Waals surface area (Å²) in [6.07, 6.45) is 2.27. The highest BCUT2D eigenvalue weighted by atomic mass is 15.2. The van der Waals surface area contributed by atoms with Crippen molar-refractivity contribution in [2.24, 2.45) is 0 Å². The van der Waals surface area contributed by atoms with Gasteiger partial charge in [0.15, 0.2) is 11.4 Å². The van der Waals surface area contributed by atoms with E-state index in [0.29, 0.717) is 0 Å². The SMILES string of the molecule is CC[N+]1C(c2ccccc2)=Cc2ccccc21. The van der Waals surface area contributed by atoms with Gasteiger partial charge in [0.1, 0.15) is 6.54 Å². The molecule has 0 amide bonds. The number of rotatable bonds is 2. The Morgan fingerprint density at radius 3 is 2.35 bits per heavy atom. The largest absolute Gasteiger partial charge is 0.194 e. The molecular formula is C16H15N+. The van der Waals surface area contributed by atoms with E-state index < -0.39 is 0 Å². The Balaban J connectivity index is 2.09. The monoisotopic (exact) mass is 221 g/mol. The summed E-state index contributed by atoms with van der Waals surface area (Å²) in [5.41, 5.74) is 5.21. The van der Waals surface area contributed by atoms with Gasteiger partial charge in [-0.1, -0.05) is 35.2 Å². The average molecular weight is 221 g/mol. The maximum Gasteiger partial charge on any atom is 0.194 e. The summed E-state index contributed by atoms with van der Waals surface area (Å²) in [4.78, 5) is 2.37. The molecule has 1 heterocycles. The van der Waals surface area contributed by atoms with E-state index >= 15 is 0 Å². The van der Waals surface area contributed by atoms with Gasteiger partial charge in [0.05, 0.1) is 0 Å². The van der Waals surface area contributed by atoms with Gasteiger partial charge in [-0.3, -0.25) is 0 Å². The van der Waals surface area contributed by atoms with E-state index in [9.17, 15) is 0 Å². The number of fused-ring (bicyclic) bond motifs is 1. The van der Waals surface area contributed by atoms with Gasteiger partial charge in [0.25, 0.3) is 0 Å². The Morgan fingerprint density at radius 1 is 0.882 bits per heavy atom. The lowest BCUT2D eigenvalue weighted by Crippen LogP contribution is -2.19. The maximum atomic E-state index is 2.37. The van der Waals surface area contributed by atoms with Crippen LogP contribution in [-0.4, -0.2) is 6.54 Å². The number of hydrogen-bond acceptors (Lipinski definition) is 1. The lowest BCUT2D eigenvalue weighted by molar-refractivity contribution is 0.749. The third kappa shape index (κ3) is 1.69. The molecular weight excluding hydrogens is 206 g/mol. The molecule has 0 saturated heterocycles. The van der Waals surface area contributed by atoms with Gasteiger partial charge in [0.2, 0.25) is 0 Å². The van der Waals surface area contributed by atoms with E-state index in [0.717, 1.165) is 6.54 Å². The van der Waals surface area contributed by atoms with Gasteiger partial charge in [-0.2, -0.15) is 0 Å². The summed E-state index contributed by atoms with van der Waals surface area (Å²) in [6.45, 7) is 3.19. The first-order valence-electron chi connectivity index (χ1n) is 6.04. The molecule has 2 aromatic rings. The fraction of sp³-hybridized carbons (Fsp3) is 0.125. The molecule has 1 nitrogen and oxygen atoms in total. The standard InChI is InChI=1S/C16H15N/c1-2-17-15-11-7-6-10-14(15)12-16(17)13-8-4-3-5-9-13/h3-12H,2H2,1H3/q+1. The first-order valence-corrected chi connectivity index (χ1v) is 6.04. The van der Waals surface area contributed by atoms with Crippen molar-refractivity contribution >= 4 is 17.5 Å². The highest BCUT2D eigenvalue weighted by Crippen LogP contribution is 2.37. The van der Waals surface area contributed by atoms with Crippen molar-refractivity contribution in [1.29, 1.82) is 0 Å². The molecule has 0 fully saturated rings. The topological polar surface area (TPSA) is 5.90 Å². The predicted octanol–water partition coefficient (Wildman–Crippen LogP) is 3.99. The fourth-order valence-corrected chi connectivity index (χ4v) is 2.40. The molecule has 17 heavy (non-hydrogen) atoms. The number of hydrogen-bond donors (Lipinski definition) is 0. The molecule has 1 radical (unpaired) electrons. The molecule has 0 aliphatic carbocycles. The van der Waals surface area contributed by atoms with Crippen LogP contribution in [0.25, 0.3) is 11.8 Å². The van der Waals surface area contributed by atoms with Crippen LogP contribution in [-0.2, 0) is 0 Å². The molecule has 83 valence electrons. The van der Waals surface area contributed by atoms with Gasteiger partial charge < -0.3 is 0 Å². The normalized spacial score (nSPS) is 14.5. The van der Waals surface area contributed by atoms with E-state index in [1.165, 1.54) is 22.5 Å². The van der Waals surface area contributed by atoms with Gasteiger partial charge in [-0.05, 0) is 25.1 Å². The zero-order chi connectivity index (χ0) is 11.7. The Kier molecular flexibility index (Phi) is 2.54. The van der Waals surface area contributed by atoms with Crippen molar-refractivity contribution in [2.45, 2.75) is 6.92 Å². The van der Waals surface area contributed by atoms with E-state index in [1.54, 1.807) is 0 Å². The second-order valence-corrected chi connectivity index (χ2v) is 4.20. The smallest absolute Gasteiger partial charge is 0.0964 e. The number of para-hydroxylation sites is 1. The lowest BCUT2D eigenvalue weighted by atomic mass is 10.1.